The van der Waals surface area contributed by atoms with E-state index in [-0.39, 0.29) is 38.0 Å². The van der Waals surface area contributed by atoms with Crippen LogP contribution in [-0.4, -0.2) is 43.0 Å². The standard InChI is InChI=1S/C10H8F4O2.C8H17O5P/c11-7-3-1-2-6(4-5-8(15)16)9(7)10(12,13)14;1-4-11-8(9)7-14(10,12-5-2)13-6-3/h1-3H,4-5H2,(H,15,16);4-7H2,1-3H3. The van der Waals surface area contributed by atoms with Gasteiger partial charge in [-0.2, -0.15) is 13.2 Å². The number of carbonyl (C=O) groups excluding carboxylic acids is 1. The van der Waals surface area contributed by atoms with Crippen LogP contribution >= 0.6 is 7.60 Å². The van der Waals surface area contributed by atoms with Crippen LogP contribution in [0.5, 0.6) is 0 Å². The molecule has 1 aromatic rings. The van der Waals surface area contributed by atoms with Crippen LogP contribution in [0.15, 0.2) is 18.2 Å². The topological polar surface area (TPSA) is 99.1 Å². The Morgan fingerprint density at radius 2 is 1.63 bits per heavy atom. The zero-order valence-corrected chi connectivity index (χ0v) is 17.7. The van der Waals surface area contributed by atoms with Crippen LogP contribution in [0.2, 0.25) is 0 Å². The van der Waals surface area contributed by atoms with Gasteiger partial charge in [0.05, 0.1) is 25.4 Å². The van der Waals surface area contributed by atoms with Crippen LogP contribution in [0, 0.1) is 5.82 Å². The number of halogens is 4. The Hall–Kier alpha value is -1.97. The van der Waals surface area contributed by atoms with Gasteiger partial charge >= 0.3 is 25.7 Å². The van der Waals surface area contributed by atoms with Gasteiger partial charge in [-0.15, -0.1) is 0 Å². The van der Waals surface area contributed by atoms with Gasteiger partial charge in [-0.25, -0.2) is 4.39 Å². The minimum atomic E-state index is -4.81. The summed E-state index contributed by atoms with van der Waals surface area (Å²) in [5.41, 5.74) is -1.72. The van der Waals surface area contributed by atoms with E-state index in [1.807, 2.05) is 0 Å². The van der Waals surface area contributed by atoms with Crippen molar-refractivity contribution in [3.63, 3.8) is 0 Å². The summed E-state index contributed by atoms with van der Waals surface area (Å²) in [6, 6.07) is 2.91. The Morgan fingerprint density at radius 3 is 2.07 bits per heavy atom. The molecule has 0 heterocycles. The number of alkyl halides is 3. The van der Waals surface area contributed by atoms with E-state index >= 15 is 0 Å². The molecule has 12 heteroatoms. The average Bonchev–Trinajstić information content (AvgIpc) is 2.59. The van der Waals surface area contributed by atoms with Crippen molar-refractivity contribution >= 4 is 19.5 Å². The molecule has 1 N–H and O–H groups in total. The molecule has 0 saturated heterocycles. The van der Waals surface area contributed by atoms with Crippen LogP contribution in [-0.2, 0) is 40.5 Å². The summed E-state index contributed by atoms with van der Waals surface area (Å²) in [4.78, 5) is 21.3. The highest BCUT2D eigenvalue weighted by molar-refractivity contribution is 7.54. The highest BCUT2D eigenvalue weighted by atomic mass is 31.2. The molecule has 0 saturated carbocycles. The lowest BCUT2D eigenvalue weighted by atomic mass is 10.0. The molecule has 0 bridgehead atoms. The van der Waals surface area contributed by atoms with Crippen LogP contribution in [0.1, 0.15) is 38.3 Å². The largest absolute Gasteiger partial charge is 0.481 e. The SMILES string of the molecule is CCOC(=O)CP(=O)(OCC)OCC.O=C(O)CCc1cccc(F)c1C(F)(F)F. The molecule has 0 aliphatic heterocycles. The molecule has 0 radical (unpaired) electrons. The minimum Gasteiger partial charge on any atom is -0.481 e. The highest BCUT2D eigenvalue weighted by Crippen LogP contribution is 2.47. The Morgan fingerprint density at radius 1 is 1.07 bits per heavy atom. The van der Waals surface area contributed by atoms with E-state index in [1.54, 1.807) is 20.8 Å². The molecule has 7 nitrogen and oxygen atoms in total. The molecule has 0 unspecified atom stereocenters. The highest BCUT2D eigenvalue weighted by Gasteiger charge is 2.36. The van der Waals surface area contributed by atoms with Crippen LogP contribution in [0.3, 0.4) is 0 Å². The van der Waals surface area contributed by atoms with Crippen molar-refractivity contribution in [3.05, 3.63) is 35.1 Å². The van der Waals surface area contributed by atoms with Gasteiger partial charge in [-0.05, 0) is 38.8 Å². The molecule has 0 aromatic heterocycles. The molecule has 0 fully saturated rings. The molecule has 172 valence electrons. The van der Waals surface area contributed by atoms with Gasteiger partial charge < -0.3 is 18.9 Å². The maximum absolute atomic E-state index is 13.0. The summed E-state index contributed by atoms with van der Waals surface area (Å²) in [5, 5.41) is 8.36. The second kappa shape index (κ2) is 13.4. The van der Waals surface area contributed by atoms with Gasteiger partial charge in [0.15, 0.2) is 0 Å². The van der Waals surface area contributed by atoms with Crippen molar-refractivity contribution in [2.45, 2.75) is 39.8 Å². The number of benzene rings is 1. The molecular weight excluding hydrogens is 435 g/mol. The summed E-state index contributed by atoms with van der Waals surface area (Å²) >= 11 is 0. The molecule has 30 heavy (non-hydrogen) atoms. The maximum atomic E-state index is 13.0. The summed E-state index contributed by atoms with van der Waals surface area (Å²) in [6.45, 7) is 5.82. The van der Waals surface area contributed by atoms with Crippen molar-refractivity contribution in [3.8, 4) is 0 Å². The average molecular weight is 460 g/mol. The summed E-state index contributed by atoms with van der Waals surface area (Å²) in [6.07, 6.45) is -5.93. The second-order valence-corrected chi connectivity index (χ2v) is 7.63. The van der Waals surface area contributed by atoms with Crippen molar-refractivity contribution in [1.29, 1.82) is 0 Å². The summed E-state index contributed by atoms with van der Waals surface area (Å²) in [5.74, 6) is -3.16. The third-order valence-electron chi connectivity index (χ3n) is 3.27. The first-order chi connectivity index (χ1) is 13.9. The van der Waals surface area contributed by atoms with Crippen LogP contribution in [0.25, 0.3) is 0 Å². The number of carboxylic acid groups (broad SMARTS) is 1. The molecule has 0 amide bonds. The van der Waals surface area contributed by atoms with Gasteiger partial charge in [0.2, 0.25) is 0 Å². The van der Waals surface area contributed by atoms with Gasteiger partial charge in [-0.1, -0.05) is 12.1 Å². The van der Waals surface area contributed by atoms with Gasteiger partial charge in [0.25, 0.3) is 0 Å². The number of rotatable bonds is 10. The third kappa shape index (κ3) is 10.7. The Labute approximate surface area is 171 Å². The Kier molecular flexibility index (Phi) is 12.5. The fourth-order valence-corrected chi connectivity index (χ4v) is 3.67. The molecular formula is C18H25F4O7P. The number of carbonyl (C=O) groups is 2. The zero-order chi connectivity index (χ0) is 23.4. The van der Waals surface area contributed by atoms with E-state index in [2.05, 4.69) is 4.74 Å². The predicted octanol–water partition coefficient (Wildman–Crippen LogP) is 4.68. The van der Waals surface area contributed by atoms with E-state index in [1.165, 1.54) is 0 Å². The van der Waals surface area contributed by atoms with E-state index in [9.17, 15) is 31.7 Å². The zero-order valence-electron chi connectivity index (χ0n) is 16.8. The molecule has 0 aliphatic rings. The van der Waals surface area contributed by atoms with E-state index in [4.69, 9.17) is 14.2 Å². The fraction of sp³-hybridized carbons (Fsp3) is 0.556. The summed E-state index contributed by atoms with van der Waals surface area (Å²) < 4.78 is 76.6. The van der Waals surface area contributed by atoms with Crippen molar-refractivity contribution < 1.29 is 50.6 Å². The lowest BCUT2D eigenvalue weighted by molar-refractivity contribution is -0.142. The number of aliphatic carboxylic acids is 1. The number of hydrogen-bond acceptors (Lipinski definition) is 6. The number of esters is 1. The van der Waals surface area contributed by atoms with Crippen LogP contribution < -0.4 is 0 Å². The normalized spacial score (nSPS) is 11.4. The predicted molar refractivity (Wildman–Crippen MR) is 99.7 cm³/mol. The van der Waals surface area contributed by atoms with E-state index in [0.717, 1.165) is 12.1 Å². The summed E-state index contributed by atoms with van der Waals surface area (Å²) in [7, 11) is -3.28. The number of ether oxygens (including phenoxy) is 1. The smallest absolute Gasteiger partial charge is 0.419 e. The van der Waals surface area contributed by atoms with E-state index < -0.39 is 43.5 Å². The fourth-order valence-electron chi connectivity index (χ4n) is 2.22. The Bertz CT molecular complexity index is 728. The molecule has 0 atom stereocenters. The van der Waals surface area contributed by atoms with Crippen molar-refractivity contribution in [2.24, 2.45) is 0 Å². The quantitative estimate of drug-likeness (QED) is 0.308. The lowest BCUT2D eigenvalue weighted by Gasteiger charge is -2.15. The number of hydrogen-bond donors (Lipinski definition) is 1. The first-order valence-corrected chi connectivity index (χ1v) is 10.7. The van der Waals surface area contributed by atoms with Gasteiger partial charge in [-0.3, -0.25) is 14.2 Å². The van der Waals surface area contributed by atoms with Crippen molar-refractivity contribution in [1.82, 2.24) is 0 Å². The van der Waals surface area contributed by atoms with Crippen molar-refractivity contribution in [2.75, 3.05) is 26.0 Å². The Balaban J connectivity index is 0.000000567. The van der Waals surface area contributed by atoms with Crippen LogP contribution in [0.4, 0.5) is 17.6 Å². The number of aryl methyl sites for hydroxylation is 1. The first-order valence-electron chi connectivity index (χ1n) is 9.00. The number of carboxylic acids is 1. The van der Waals surface area contributed by atoms with Gasteiger partial charge in [0.1, 0.15) is 12.0 Å². The van der Waals surface area contributed by atoms with Gasteiger partial charge in [0, 0.05) is 6.42 Å². The molecule has 0 spiro atoms. The molecule has 0 aliphatic carbocycles. The second-order valence-electron chi connectivity index (χ2n) is 5.58. The first kappa shape index (κ1) is 28.0. The van der Waals surface area contributed by atoms with E-state index in [0.29, 0.717) is 6.07 Å². The third-order valence-corrected chi connectivity index (χ3v) is 5.22. The molecule has 1 aromatic carbocycles. The maximum Gasteiger partial charge on any atom is 0.419 e. The lowest BCUT2D eigenvalue weighted by Crippen LogP contribution is -2.13. The molecule has 1 rings (SSSR count). The minimum absolute atomic E-state index is 0.247. The monoisotopic (exact) mass is 460 g/mol.